The highest BCUT2D eigenvalue weighted by molar-refractivity contribution is 9.10. The summed E-state index contributed by atoms with van der Waals surface area (Å²) in [5.41, 5.74) is 1.89. The molecule has 0 saturated heterocycles. The maximum atomic E-state index is 12.1. The summed E-state index contributed by atoms with van der Waals surface area (Å²) in [4.78, 5) is 17.6. The summed E-state index contributed by atoms with van der Waals surface area (Å²) in [6.07, 6.45) is 0. The number of nitrogens with one attached hydrogen (secondary N) is 1. The first kappa shape index (κ1) is 18.1. The number of aryl methyl sites for hydroxylation is 1. The Morgan fingerprint density at radius 1 is 1.08 bits per heavy atom. The molecular formula is C18H14Br2N2O2S. The van der Waals surface area contributed by atoms with Crippen LogP contribution in [0.4, 0.5) is 5.13 Å². The first-order valence-corrected chi connectivity index (χ1v) is 9.83. The average Bonchev–Trinajstić information content (AvgIpc) is 2.95. The third-order valence-electron chi connectivity index (χ3n) is 3.34. The number of anilines is 1. The normalized spacial score (nSPS) is 10.5. The number of carbonyl (C=O) groups excluding carboxylic acids is 1. The number of hydrogen-bond acceptors (Lipinski definition) is 4. The summed E-state index contributed by atoms with van der Waals surface area (Å²) in [5, 5.41) is 3.36. The van der Waals surface area contributed by atoms with Gasteiger partial charge in [0.05, 0.1) is 5.69 Å². The zero-order valence-electron chi connectivity index (χ0n) is 13.3. The van der Waals surface area contributed by atoms with Gasteiger partial charge in [0, 0.05) is 19.4 Å². The monoisotopic (exact) mass is 480 g/mol. The number of thiazole rings is 1. The van der Waals surface area contributed by atoms with E-state index in [4.69, 9.17) is 4.74 Å². The van der Waals surface area contributed by atoms with Crippen LogP contribution in [0.1, 0.15) is 4.88 Å². The Balaban J connectivity index is 1.62. The molecule has 0 radical (unpaired) electrons. The molecular weight excluding hydrogens is 468 g/mol. The van der Waals surface area contributed by atoms with E-state index in [2.05, 4.69) is 42.2 Å². The number of rotatable bonds is 5. The third-order valence-corrected chi connectivity index (χ3v) is 5.29. The van der Waals surface area contributed by atoms with Gasteiger partial charge in [-0.05, 0) is 43.3 Å². The first-order chi connectivity index (χ1) is 12.0. The molecule has 25 heavy (non-hydrogen) atoms. The second-order valence-corrected chi connectivity index (χ2v) is 8.26. The molecule has 7 heteroatoms. The van der Waals surface area contributed by atoms with Gasteiger partial charge < -0.3 is 4.74 Å². The van der Waals surface area contributed by atoms with Crippen molar-refractivity contribution in [3.05, 3.63) is 62.4 Å². The molecule has 0 fully saturated rings. The highest BCUT2D eigenvalue weighted by Gasteiger charge is 2.12. The molecule has 0 aliphatic heterocycles. The van der Waals surface area contributed by atoms with E-state index >= 15 is 0 Å². The van der Waals surface area contributed by atoms with Gasteiger partial charge in [0.1, 0.15) is 5.75 Å². The molecule has 0 saturated carbocycles. The highest BCUT2D eigenvalue weighted by Crippen LogP contribution is 2.31. The standard InChI is InChI=1S/C18H14Br2N2O2S/c1-11-17(12-2-4-13(19)5-3-12)22-18(25-11)21-16(23)10-24-15-8-6-14(20)7-9-15/h2-9H,10H2,1H3,(H,21,22,23). The number of benzene rings is 2. The summed E-state index contributed by atoms with van der Waals surface area (Å²) in [6.45, 7) is 1.93. The van der Waals surface area contributed by atoms with Crippen LogP contribution in [0, 0.1) is 6.92 Å². The SMILES string of the molecule is Cc1sc(NC(=O)COc2ccc(Br)cc2)nc1-c1ccc(Br)cc1. The van der Waals surface area contributed by atoms with Crippen molar-refractivity contribution in [2.45, 2.75) is 6.92 Å². The topological polar surface area (TPSA) is 51.2 Å². The number of aromatic nitrogens is 1. The van der Waals surface area contributed by atoms with E-state index in [0.717, 1.165) is 25.1 Å². The molecule has 0 aliphatic carbocycles. The van der Waals surface area contributed by atoms with Crippen LogP contribution >= 0.6 is 43.2 Å². The Bertz CT molecular complexity index is 877. The molecule has 0 aliphatic rings. The predicted molar refractivity (Wildman–Crippen MR) is 108 cm³/mol. The van der Waals surface area contributed by atoms with Crippen LogP contribution in [0.15, 0.2) is 57.5 Å². The van der Waals surface area contributed by atoms with Crippen LogP contribution in [0.5, 0.6) is 5.75 Å². The predicted octanol–water partition coefficient (Wildman–Crippen LogP) is 5.66. The van der Waals surface area contributed by atoms with Gasteiger partial charge in [-0.25, -0.2) is 4.98 Å². The van der Waals surface area contributed by atoms with Gasteiger partial charge in [-0.2, -0.15) is 0 Å². The molecule has 0 bridgehead atoms. The second-order valence-electron chi connectivity index (χ2n) is 5.22. The number of carbonyl (C=O) groups is 1. The molecule has 1 N–H and O–H groups in total. The fourth-order valence-electron chi connectivity index (χ4n) is 2.16. The van der Waals surface area contributed by atoms with E-state index in [-0.39, 0.29) is 12.5 Å². The van der Waals surface area contributed by atoms with E-state index in [1.54, 1.807) is 12.1 Å². The van der Waals surface area contributed by atoms with E-state index in [0.29, 0.717) is 10.9 Å². The van der Waals surface area contributed by atoms with E-state index in [9.17, 15) is 4.79 Å². The summed E-state index contributed by atoms with van der Waals surface area (Å²) >= 11 is 8.23. The van der Waals surface area contributed by atoms with Crippen molar-refractivity contribution in [1.29, 1.82) is 0 Å². The Morgan fingerprint density at radius 2 is 1.68 bits per heavy atom. The minimum Gasteiger partial charge on any atom is -0.484 e. The lowest BCUT2D eigenvalue weighted by Crippen LogP contribution is -2.20. The lowest BCUT2D eigenvalue weighted by Gasteiger charge is -2.05. The number of amides is 1. The molecule has 0 spiro atoms. The van der Waals surface area contributed by atoms with Crippen LogP contribution in [-0.4, -0.2) is 17.5 Å². The summed E-state index contributed by atoms with van der Waals surface area (Å²) in [6, 6.07) is 15.3. The van der Waals surface area contributed by atoms with Gasteiger partial charge in [0.25, 0.3) is 5.91 Å². The van der Waals surface area contributed by atoms with Gasteiger partial charge in [0.2, 0.25) is 0 Å². The number of nitrogens with zero attached hydrogens (tertiary/aromatic N) is 1. The van der Waals surface area contributed by atoms with Crippen LogP contribution in [-0.2, 0) is 4.79 Å². The number of hydrogen-bond donors (Lipinski definition) is 1. The maximum absolute atomic E-state index is 12.1. The van der Waals surface area contributed by atoms with E-state index in [1.165, 1.54) is 11.3 Å². The van der Waals surface area contributed by atoms with Crippen molar-refractivity contribution in [3.63, 3.8) is 0 Å². The van der Waals surface area contributed by atoms with Crippen molar-refractivity contribution in [2.24, 2.45) is 0 Å². The minimum absolute atomic E-state index is 0.0616. The summed E-state index contributed by atoms with van der Waals surface area (Å²) in [5.74, 6) is 0.406. The first-order valence-electron chi connectivity index (χ1n) is 7.43. The second kappa shape index (κ2) is 8.12. The zero-order chi connectivity index (χ0) is 17.8. The lowest BCUT2D eigenvalue weighted by atomic mass is 10.1. The van der Waals surface area contributed by atoms with Crippen LogP contribution in [0.25, 0.3) is 11.3 Å². The molecule has 3 rings (SSSR count). The van der Waals surface area contributed by atoms with Crippen LogP contribution < -0.4 is 10.1 Å². The molecule has 1 heterocycles. The maximum Gasteiger partial charge on any atom is 0.264 e. The van der Waals surface area contributed by atoms with Gasteiger partial charge in [0.15, 0.2) is 11.7 Å². The summed E-state index contributed by atoms with van der Waals surface area (Å²) < 4.78 is 7.45. The van der Waals surface area contributed by atoms with Crippen LogP contribution in [0.2, 0.25) is 0 Å². The molecule has 0 unspecified atom stereocenters. The molecule has 2 aromatic carbocycles. The van der Waals surface area contributed by atoms with Gasteiger partial charge in [-0.3, -0.25) is 10.1 Å². The third kappa shape index (κ3) is 4.90. The van der Waals surface area contributed by atoms with E-state index in [1.807, 2.05) is 43.3 Å². The lowest BCUT2D eigenvalue weighted by molar-refractivity contribution is -0.118. The smallest absolute Gasteiger partial charge is 0.264 e. The van der Waals surface area contributed by atoms with Crippen molar-refractivity contribution in [1.82, 2.24) is 4.98 Å². The van der Waals surface area contributed by atoms with Crippen molar-refractivity contribution >= 4 is 54.2 Å². The van der Waals surface area contributed by atoms with Crippen molar-refractivity contribution in [2.75, 3.05) is 11.9 Å². The summed E-state index contributed by atoms with van der Waals surface area (Å²) in [7, 11) is 0. The molecule has 1 aromatic heterocycles. The molecule has 4 nitrogen and oxygen atoms in total. The Kier molecular flexibility index (Phi) is 5.88. The minimum atomic E-state index is -0.237. The van der Waals surface area contributed by atoms with Crippen LogP contribution in [0.3, 0.4) is 0 Å². The van der Waals surface area contributed by atoms with Crippen molar-refractivity contribution < 1.29 is 9.53 Å². The molecule has 0 atom stereocenters. The van der Waals surface area contributed by atoms with Gasteiger partial charge in [-0.1, -0.05) is 44.0 Å². The highest BCUT2D eigenvalue weighted by atomic mass is 79.9. The number of halogens is 2. The number of ether oxygens (including phenoxy) is 1. The zero-order valence-corrected chi connectivity index (χ0v) is 17.2. The van der Waals surface area contributed by atoms with E-state index < -0.39 is 0 Å². The molecule has 1 amide bonds. The van der Waals surface area contributed by atoms with Gasteiger partial charge in [-0.15, -0.1) is 11.3 Å². The Hall–Kier alpha value is -1.70. The average molecular weight is 482 g/mol. The fraction of sp³-hybridized carbons (Fsp3) is 0.111. The van der Waals surface area contributed by atoms with Crippen molar-refractivity contribution in [3.8, 4) is 17.0 Å². The quantitative estimate of drug-likeness (QED) is 0.511. The van der Waals surface area contributed by atoms with Gasteiger partial charge >= 0.3 is 0 Å². The Morgan fingerprint density at radius 3 is 2.32 bits per heavy atom. The molecule has 3 aromatic rings. The fourth-order valence-corrected chi connectivity index (χ4v) is 3.54. The Labute approximate surface area is 166 Å². The molecule has 128 valence electrons. The largest absolute Gasteiger partial charge is 0.484 e.